The third kappa shape index (κ3) is 7.27. The fraction of sp³-hybridized carbons (Fsp3) is 0.562. The maximum absolute atomic E-state index is 6.59. The van der Waals surface area contributed by atoms with Crippen molar-refractivity contribution in [3.63, 3.8) is 0 Å². The van der Waals surface area contributed by atoms with Crippen molar-refractivity contribution in [1.82, 2.24) is 15.3 Å². The van der Waals surface area contributed by atoms with E-state index in [1.54, 1.807) is 14.2 Å². The topological polar surface area (TPSA) is 74.7 Å². The number of unbranched alkanes of at least 4 members (excludes halogenated alkanes) is 1. The minimum Gasteiger partial charge on any atom is -0.496 e. The van der Waals surface area contributed by atoms with E-state index in [1.165, 1.54) is 44.9 Å². The molecule has 2 heterocycles. The van der Waals surface area contributed by atoms with Crippen LogP contribution in [-0.4, -0.2) is 50.0 Å². The SMILES string of the molecule is COc1cc(C(OC)O[C@H]2CNCC[C@@H]2c2cnc(OCCCCC3CCCCC3)nc2)cc2ccccc12. The zero-order valence-corrected chi connectivity index (χ0v) is 23.4. The van der Waals surface area contributed by atoms with Crippen molar-refractivity contribution in [2.45, 2.75) is 76.1 Å². The summed E-state index contributed by atoms with van der Waals surface area (Å²) in [4.78, 5) is 9.07. The smallest absolute Gasteiger partial charge is 0.316 e. The van der Waals surface area contributed by atoms with E-state index in [-0.39, 0.29) is 12.0 Å². The van der Waals surface area contributed by atoms with Gasteiger partial charge in [-0.25, -0.2) is 9.97 Å². The molecule has 1 saturated heterocycles. The molecule has 3 aromatic rings. The first-order valence-electron chi connectivity index (χ1n) is 14.7. The zero-order valence-electron chi connectivity index (χ0n) is 23.4. The second-order valence-corrected chi connectivity index (χ2v) is 10.9. The third-order valence-electron chi connectivity index (χ3n) is 8.32. The Morgan fingerprint density at radius 1 is 0.974 bits per heavy atom. The highest BCUT2D eigenvalue weighted by molar-refractivity contribution is 5.89. The van der Waals surface area contributed by atoms with Crippen LogP contribution >= 0.6 is 0 Å². The normalized spacial score (nSPS) is 21.1. The Morgan fingerprint density at radius 3 is 2.59 bits per heavy atom. The fourth-order valence-electron chi connectivity index (χ4n) is 6.15. The first kappa shape index (κ1) is 27.8. The van der Waals surface area contributed by atoms with Crippen molar-refractivity contribution >= 4 is 10.8 Å². The number of nitrogens with one attached hydrogen (secondary N) is 1. The molecule has 0 bridgehead atoms. The van der Waals surface area contributed by atoms with Crippen LogP contribution in [0.1, 0.15) is 81.1 Å². The average molecular weight is 534 g/mol. The summed E-state index contributed by atoms with van der Waals surface area (Å²) in [5.74, 6) is 1.90. The van der Waals surface area contributed by atoms with Crippen LogP contribution < -0.4 is 14.8 Å². The monoisotopic (exact) mass is 533 g/mol. The molecule has 7 heteroatoms. The summed E-state index contributed by atoms with van der Waals surface area (Å²) < 4.78 is 24.0. The lowest BCUT2D eigenvalue weighted by Crippen LogP contribution is -2.42. The van der Waals surface area contributed by atoms with Gasteiger partial charge in [0, 0.05) is 42.9 Å². The molecule has 7 nitrogen and oxygen atoms in total. The van der Waals surface area contributed by atoms with Gasteiger partial charge in [0.2, 0.25) is 0 Å². The molecule has 1 aromatic heterocycles. The van der Waals surface area contributed by atoms with Gasteiger partial charge in [-0.15, -0.1) is 0 Å². The van der Waals surface area contributed by atoms with Crippen LogP contribution in [0.15, 0.2) is 48.8 Å². The quantitative estimate of drug-likeness (QED) is 0.208. The van der Waals surface area contributed by atoms with Gasteiger partial charge < -0.3 is 24.3 Å². The third-order valence-corrected chi connectivity index (χ3v) is 8.32. The van der Waals surface area contributed by atoms with E-state index < -0.39 is 6.29 Å². The first-order valence-corrected chi connectivity index (χ1v) is 14.7. The van der Waals surface area contributed by atoms with Crippen molar-refractivity contribution in [1.29, 1.82) is 0 Å². The van der Waals surface area contributed by atoms with Crippen LogP contribution in [0.2, 0.25) is 0 Å². The van der Waals surface area contributed by atoms with Gasteiger partial charge in [-0.2, -0.15) is 0 Å². The Labute approximate surface area is 232 Å². The largest absolute Gasteiger partial charge is 0.496 e. The summed E-state index contributed by atoms with van der Waals surface area (Å²) in [5.41, 5.74) is 2.00. The molecule has 1 N–H and O–H groups in total. The van der Waals surface area contributed by atoms with Gasteiger partial charge in [0.15, 0.2) is 6.29 Å². The van der Waals surface area contributed by atoms with E-state index in [0.29, 0.717) is 12.6 Å². The van der Waals surface area contributed by atoms with Gasteiger partial charge in [0.25, 0.3) is 0 Å². The summed E-state index contributed by atoms with van der Waals surface area (Å²) in [5, 5.41) is 5.63. The summed E-state index contributed by atoms with van der Waals surface area (Å²) in [6.45, 7) is 2.33. The molecule has 2 aliphatic rings. The molecule has 1 unspecified atom stereocenters. The highest BCUT2D eigenvalue weighted by Crippen LogP contribution is 2.35. The van der Waals surface area contributed by atoms with Gasteiger partial charge in [-0.3, -0.25) is 0 Å². The number of ether oxygens (including phenoxy) is 4. The van der Waals surface area contributed by atoms with E-state index in [9.17, 15) is 0 Å². The van der Waals surface area contributed by atoms with E-state index in [0.717, 1.165) is 59.5 Å². The molecule has 39 heavy (non-hydrogen) atoms. The lowest BCUT2D eigenvalue weighted by Gasteiger charge is -2.34. The molecule has 1 aliphatic heterocycles. The van der Waals surface area contributed by atoms with Crippen LogP contribution in [0, 0.1) is 5.92 Å². The molecule has 3 atom stereocenters. The van der Waals surface area contributed by atoms with Crippen LogP contribution in [0.4, 0.5) is 0 Å². The number of rotatable bonds is 12. The molecule has 1 saturated carbocycles. The number of methoxy groups -OCH3 is 2. The van der Waals surface area contributed by atoms with Crippen LogP contribution in [0.5, 0.6) is 11.8 Å². The zero-order chi connectivity index (χ0) is 26.9. The Hall–Kier alpha value is -2.74. The predicted octanol–water partition coefficient (Wildman–Crippen LogP) is 6.58. The molecule has 0 radical (unpaired) electrons. The van der Waals surface area contributed by atoms with E-state index in [1.807, 2.05) is 30.6 Å². The van der Waals surface area contributed by atoms with Crippen molar-refractivity contribution in [2.75, 3.05) is 33.9 Å². The number of hydrogen-bond donors (Lipinski definition) is 1. The van der Waals surface area contributed by atoms with Gasteiger partial charge >= 0.3 is 6.01 Å². The van der Waals surface area contributed by atoms with Gasteiger partial charge in [-0.05, 0) is 54.8 Å². The lowest BCUT2D eigenvalue weighted by molar-refractivity contribution is -0.168. The Kier molecular flexibility index (Phi) is 10.0. The summed E-state index contributed by atoms with van der Waals surface area (Å²) in [7, 11) is 3.38. The fourth-order valence-corrected chi connectivity index (χ4v) is 6.15. The Morgan fingerprint density at radius 2 is 1.79 bits per heavy atom. The van der Waals surface area contributed by atoms with E-state index >= 15 is 0 Å². The van der Waals surface area contributed by atoms with E-state index in [2.05, 4.69) is 33.5 Å². The van der Waals surface area contributed by atoms with Crippen molar-refractivity contribution in [2.24, 2.45) is 5.92 Å². The Balaban J connectivity index is 1.18. The molecule has 1 aliphatic carbocycles. The van der Waals surface area contributed by atoms with Gasteiger partial charge in [0.1, 0.15) is 5.75 Å². The summed E-state index contributed by atoms with van der Waals surface area (Å²) in [6, 6.07) is 12.8. The molecule has 0 amide bonds. The minimum atomic E-state index is -0.520. The molecule has 2 fully saturated rings. The molecule has 5 rings (SSSR count). The number of nitrogens with zero attached hydrogens (tertiary/aromatic N) is 2. The van der Waals surface area contributed by atoms with E-state index in [4.69, 9.17) is 18.9 Å². The maximum atomic E-state index is 6.59. The van der Waals surface area contributed by atoms with Crippen molar-refractivity contribution in [3.05, 3.63) is 59.9 Å². The summed E-state index contributed by atoms with van der Waals surface area (Å²) >= 11 is 0. The second-order valence-electron chi connectivity index (χ2n) is 10.9. The molecular weight excluding hydrogens is 490 g/mol. The van der Waals surface area contributed by atoms with Crippen LogP contribution in [-0.2, 0) is 9.47 Å². The first-order chi connectivity index (χ1) is 19.2. The maximum Gasteiger partial charge on any atom is 0.316 e. The number of hydrogen-bond acceptors (Lipinski definition) is 7. The lowest BCUT2D eigenvalue weighted by atomic mass is 9.86. The van der Waals surface area contributed by atoms with Crippen molar-refractivity contribution < 1.29 is 18.9 Å². The van der Waals surface area contributed by atoms with Crippen LogP contribution in [0.3, 0.4) is 0 Å². The Bertz CT molecular complexity index is 1170. The standard InChI is InChI=1S/C32H43N3O4/c1-36-29-19-25(18-24-13-6-7-14-27(24)29)31(37-2)39-30-22-33-16-15-28(30)26-20-34-32(35-21-26)38-17-9-8-12-23-10-4-3-5-11-23/h6-7,13-14,18-21,23,28,30-31,33H,3-5,8-12,15-17,22H2,1-2H3/t28-,30+,31?/m1/s1. The number of fused-ring (bicyclic) bond motifs is 1. The number of piperidine rings is 1. The van der Waals surface area contributed by atoms with Gasteiger partial charge in [0.05, 0.1) is 19.8 Å². The number of aromatic nitrogens is 2. The van der Waals surface area contributed by atoms with Gasteiger partial charge in [-0.1, -0.05) is 62.8 Å². The number of benzene rings is 2. The minimum absolute atomic E-state index is 0.0867. The van der Waals surface area contributed by atoms with Crippen molar-refractivity contribution in [3.8, 4) is 11.8 Å². The summed E-state index contributed by atoms with van der Waals surface area (Å²) in [6.07, 6.45) is 14.8. The predicted molar refractivity (Wildman–Crippen MR) is 153 cm³/mol. The molecule has 2 aromatic carbocycles. The molecular formula is C32H43N3O4. The highest BCUT2D eigenvalue weighted by Gasteiger charge is 2.31. The average Bonchev–Trinajstić information content (AvgIpc) is 3.00. The van der Waals surface area contributed by atoms with Crippen LogP contribution in [0.25, 0.3) is 10.8 Å². The second kappa shape index (κ2) is 14.1. The highest BCUT2D eigenvalue weighted by atomic mass is 16.7. The molecule has 210 valence electrons. The molecule has 0 spiro atoms.